The molecule has 0 radical (unpaired) electrons. The van der Waals surface area contributed by atoms with Crippen molar-refractivity contribution in [3.05, 3.63) is 94.0 Å². The fourth-order valence-corrected chi connectivity index (χ4v) is 6.11. The van der Waals surface area contributed by atoms with Gasteiger partial charge in [-0.15, -0.1) is 0 Å². The van der Waals surface area contributed by atoms with Crippen LogP contribution in [-0.4, -0.2) is 44.1 Å². The summed E-state index contributed by atoms with van der Waals surface area (Å²) in [6.45, 7) is 5.75. The Bertz CT molecular complexity index is 1390. The summed E-state index contributed by atoms with van der Waals surface area (Å²) in [7, 11) is -4.06. The van der Waals surface area contributed by atoms with Crippen molar-refractivity contribution in [2.24, 2.45) is 0 Å². The van der Waals surface area contributed by atoms with Crippen molar-refractivity contribution in [3.63, 3.8) is 0 Å². The number of ether oxygens (including phenoxy) is 1. The number of rotatable bonds is 9. The van der Waals surface area contributed by atoms with E-state index in [1.165, 1.54) is 11.6 Å². The number of ketones is 1. The standard InChI is InChI=1S/C28H31ClN2O5S/c1-18-22(29)10-7-11-25(18)37(34,35)31-26-21-16-20(12-13-24(21)36-28(2,3)27(26)33)23(32)17-30-15-14-19-8-5-4-6-9-19/h4-13,16,26-27,30-31,33H,14-15,17H2,1-3H3/t26-,27+/m1/s1. The highest BCUT2D eigenvalue weighted by Gasteiger charge is 2.45. The van der Waals surface area contributed by atoms with Gasteiger partial charge in [0.05, 0.1) is 17.5 Å². The third kappa shape index (κ3) is 6.05. The normalized spacial score (nSPS) is 18.6. The van der Waals surface area contributed by atoms with Gasteiger partial charge in [-0.25, -0.2) is 13.1 Å². The van der Waals surface area contributed by atoms with Crippen LogP contribution in [0.5, 0.6) is 5.75 Å². The van der Waals surface area contributed by atoms with Crippen LogP contribution in [0, 0.1) is 6.92 Å². The van der Waals surface area contributed by atoms with Crippen LogP contribution in [0.1, 0.15) is 46.9 Å². The second-order valence-corrected chi connectivity index (χ2v) is 11.8. The second kappa shape index (κ2) is 10.9. The summed E-state index contributed by atoms with van der Waals surface area (Å²) in [4.78, 5) is 12.9. The Kier molecular flexibility index (Phi) is 8.06. The molecule has 3 aromatic carbocycles. The molecule has 0 fully saturated rings. The van der Waals surface area contributed by atoms with E-state index in [2.05, 4.69) is 10.0 Å². The Morgan fingerprint density at radius 3 is 2.54 bits per heavy atom. The van der Waals surface area contributed by atoms with Gasteiger partial charge in [-0.1, -0.05) is 48.0 Å². The van der Waals surface area contributed by atoms with E-state index in [0.29, 0.717) is 34.0 Å². The SMILES string of the molecule is Cc1c(Cl)cccc1S(=O)(=O)N[C@@H]1c2cc(C(=O)CNCCc3ccccc3)ccc2OC(C)(C)[C@H]1O. The lowest BCUT2D eigenvalue weighted by Gasteiger charge is -2.42. The number of hydrogen-bond acceptors (Lipinski definition) is 6. The Morgan fingerprint density at radius 2 is 1.81 bits per heavy atom. The summed E-state index contributed by atoms with van der Waals surface area (Å²) in [5.74, 6) is 0.252. The number of sulfonamides is 1. The molecule has 0 aliphatic carbocycles. The molecular weight excluding hydrogens is 512 g/mol. The molecule has 1 heterocycles. The highest BCUT2D eigenvalue weighted by atomic mass is 35.5. The molecule has 1 aliphatic rings. The number of aliphatic hydroxyl groups excluding tert-OH is 1. The molecule has 0 spiro atoms. The Balaban J connectivity index is 1.56. The van der Waals surface area contributed by atoms with Crippen LogP contribution in [-0.2, 0) is 16.4 Å². The van der Waals surface area contributed by atoms with Crippen LogP contribution in [0.25, 0.3) is 0 Å². The molecule has 3 aromatic rings. The summed E-state index contributed by atoms with van der Waals surface area (Å²) in [6, 6.07) is 18.5. The smallest absolute Gasteiger partial charge is 0.241 e. The molecule has 0 saturated carbocycles. The first-order valence-corrected chi connectivity index (χ1v) is 13.9. The summed E-state index contributed by atoms with van der Waals surface area (Å²) < 4.78 is 35.3. The van der Waals surface area contributed by atoms with Crippen molar-refractivity contribution in [1.82, 2.24) is 10.0 Å². The van der Waals surface area contributed by atoms with Crippen LogP contribution in [0.3, 0.4) is 0 Å². The summed E-state index contributed by atoms with van der Waals surface area (Å²) in [5, 5.41) is 14.6. The number of carbonyl (C=O) groups is 1. The Morgan fingerprint density at radius 1 is 1.08 bits per heavy atom. The number of fused-ring (bicyclic) bond motifs is 1. The van der Waals surface area contributed by atoms with Gasteiger partial charge < -0.3 is 15.2 Å². The van der Waals surface area contributed by atoms with E-state index in [0.717, 1.165) is 6.42 Å². The molecule has 1 aliphatic heterocycles. The van der Waals surface area contributed by atoms with Gasteiger partial charge in [0.15, 0.2) is 5.78 Å². The van der Waals surface area contributed by atoms with Crippen molar-refractivity contribution < 1.29 is 23.1 Å². The second-order valence-electron chi connectivity index (χ2n) is 9.70. The first-order chi connectivity index (χ1) is 17.5. The molecule has 2 atom stereocenters. The number of Topliss-reactive ketones (excluding diaryl/α,β-unsaturated/α-hetero) is 1. The van der Waals surface area contributed by atoms with E-state index >= 15 is 0 Å². The number of carbonyl (C=O) groups excluding carboxylic acids is 1. The molecule has 0 bridgehead atoms. The van der Waals surface area contributed by atoms with Gasteiger partial charge >= 0.3 is 0 Å². The van der Waals surface area contributed by atoms with E-state index in [1.54, 1.807) is 51.1 Å². The van der Waals surface area contributed by atoms with Gasteiger partial charge in [0.25, 0.3) is 0 Å². The largest absolute Gasteiger partial charge is 0.485 e. The van der Waals surface area contributed by atoms with Gasteiger partial charge in [-0.3, -0.25) is 4.79 Å². The monoisotopic (exact) mass is 542 g/mol. The minimum Gasteiger partial charge on any atom is -0.485 e. The maximum atomic E-state index is 13.4. The lowest BCUT2D eigenvalue weighted by Crippen LogP contribution is -2.53. The fourth-order valence-electron chi connectivity index (χ4n) is 4.39. The van der Waals surface area contributed by atoms with Crippen molar-refractivity contribution in [1.29, 1.82) is 0 Å². The van der Waals surface area contributed by atoms with Crippen LogP contribution >= 0.6 is 11.6 Å². The third-order valence-corrected chi connectivity index (χ3v) is 8.57. The molecule has 3 N–H and O–H groups in total. The van der Waals surface area contributed by atoms with Gasteiger partial charge in [-0.2, -0.15) is 0 Å². The zero-order valence-corrected chi connectivity index (χ0v) is 22.6. The lowest BCUT2D eigenvalue weighted by molar-refractivity contribution is -0.0603. The van der Waals surface area contributed by atoms with Crippen molar-refractivity contribution in [3.8, 4) is 5.75 Å². The molecule has 0 amide bonds. The lowest BCUT2D eigenvalue weighted by atomic mass is 9.86. The Hall–Kier alpha value is -2.75. The number of hydrogen-bond donors (Lipinski definition) is 3. The van der Waals surface area contributed by atoms with Crippen molar-refractivity contribution in [2.75, 3.05) is 13.1 Å². The van der Waals surface area contributed by atoms with Crippen molar-refractivity contribution >= 4 is 27.4 Å². The molecule has 0 unspecified atom stereocenters. The molecule has 196 valence electrons. The quantitative estimate of drug-likeness (QED) is 0.276. The van der Waals surface area contributed by atoms with Gasteiger partial charge in [0.1, 0.15) is 17.5 Å². The first-order valence-electron chi connectivity index (χ1n) is 12.1. The molecule has 9 heteroatoms. The maximum absolute atomic E-state index is 13.4. The number of nitrogens with one attached hydrogen (secondary N) is 2. The van der Waals surface area contributed by atoms with E-state index < -0.39 is 27.8 Å². The average Bonchev–Trinajstić information content (AvgIpc) is 2.86. The molecule has 4 rings (SSSR count). The van der Waals surface area contributed by atoms with E-state index in [4.69, 9.17) is 16.3 Å². The molecule has 37 heavy (non-hydrogen) atoms. The molecular formula is C28H31ClN2O5S. The summed E-state index contributed by atoms with van der Waals surface area (Å²) >= 11 is 6.16. The zero-order chi connectivity index (χ0) is 26.8. The van der Waals surface area contributed by atoms with Crippen LogP contribution in [0.2, 0.25) is 5.02 Å². The van der Waals surface area contributed by atoms with Gasteiger partial charge in [0.2, 0.25) is 10.0 Å². The highest BCUT2D eigenvalue weighted by molar-refractivity contribution is 7.89. The predicted molar refractivity (Wildman–Crippen MR) is 144 cm³/mol. The summed E-state index contributed by atoms with van der Waals surface area (Å²) in [6.07, 6.45) is -0.427. The zero-order valence-electron chi connectivity index (χ0n) is 21.0. The number of benzene rings is 3. The topological polar surface area (TPSA) is 105 Å². The molecule has 0 aromatic heterocycles. The number of halogens is 1. The van der Waals surface area contributed by atoms with E-state index in [1.807, 2.05) is 30.3 Å². The van der Waals surface area contributed by atoms with E-state index in [9.17, 15) is 18.3 Å². The fraction of sp³-hybridized carbons (Fsp3) is 0.321. The minimum atomic E-state index is -4.06. The third-order valence-electron chi connectivity index (χ3n) is 6.58. The van der Waals surface area contributed by atoms with E-state index in [-0.39, 0.29) is 17.2 Å². The van der Waals surface area contributed by atoms with Crippen LogP contribution < -0.4 is 14.8 Å². The molecule has 0 saturated heterocycles. The Labute approximate surface area is 222 Å². The maximum Gasteiger partial charge on any atom is 0.241 e. The van der Waals surface area contributed by atoms with Crippen molar-refractivity contribution in [2.45, 2.75) is 49.8 Å². The minimum absolute atomic E-state index is 0.0212. The van der Waals surface area contributed by atoms with Gasteiger partial charge in [-0.05, 0) is 75.2 Å². The average molecular weight is 543 g/mol. The van der Waals surface area contributed by atoms with Gasteiger partial charge in [0, 0.05) is 16.1 Å². The highest BCUT2D eigenvalue weighted by Crippen LogP contribution is 2.41. The van der Waals surface area contributed by atoms with Crippen LogP contribution in [0.15, 0.2) is 71.6 Å². The van der Waals surface area contributed by atoms with Crippen LogP contribution in [0.4, 0.5) is 0 Å². The molecule has 7 nitrogen and oxygen atoms in total. The first kappa shape index (κ1) is 27.3. The number of aliphatic hydroxyl groups is 1. The predicted octanol–water partition coefficient (Wildman–Crippen LogP) is 4.21. The summed E-state index contributed by atoms with van der Waals surface area (Å²) in [5.41, 5.74) is 1.29.